The Morgan fingerprint density at radius 2 is 2.09 bits per heavy atom. The van der Waals surface area contributed by atoms with Crippen LogP contribution in [0, 0.1) is 12.3 Å². The molecule has 0 saturated carbocycles. The van der Waals surface area contributed by atoms with Gasteiger partial charge in [-0.25, -0.2) is 0 Å². The van der Waals surface area contributed by atoms with Crippen molar-refractivity contribution >= 4 is 16.9 Å². The van der Waals surface area contributed by atoms with Gasteiger partial charge in [-0.15, -0.1) is 0 Å². The van der Waals surface area contributed by atoms with E-state index in [1.165, 1.54) is 11.8 Å². The highest BCUT2D eigenvalue weighted by Crippen LogP contribution is 2.20. The number of nitrogens with two attached hydrogens (primary N) is 1. The van der Waals surface area contributed by atoms with Crippen LogP contribution in [0.4, 0.5) is 0 Å². The first-order chi connectivity index (χ1) is 5.20. The molecule has 2 nitrogen and oxygen atoms in total. The highest BCUT2D eigenvalue weighted by molar-refractivity contribution is 8.13. The summed E-state index contributed by atoms with van der Waals surface area (Å²) < 4.78 is 0. The molecular formula is C8H10N2S. The third-order valence-corrected chi connectivity index (χ3v) is 2.21. The van der Waals surface area contributed by atoms with Gasteiger partial charge in [0.2, 0.25) is 0 Å². The zero-order chi connectivity index (χ0) is 8.27. The number of benzene rings is 1. The second-order valence-corrected chi connectivity index (χ2v) is 3.32. The highest BCUT2D eigenvalue weighted by Gasteiger charge is 1.97. The third-order valence-electron chi connectivity index (χ3n) is 1.31. The summed E-state index contributed by atoms with van der Waals surface area (Å²) in [6.07, 6.45) is 0. The Labute approximate surface area is 70.3 Å². The van der Waals surface area contributed by atoms with Gasteiger partial charge in [-0.3, -0.25) is 5.41 Å². The number of aryl methyl sites for hydroxylation is 1. The lowest BCUT2D eigenvalue weighted by atomic mass is 10.2. The van der Waals surface area contributed by atoms with E-state index in [1.807, 2.05) is 31.2 Å². The van der Waals surface area contributed by atoms with Gasteiger partial charge in [-0.05, 0) is 18.6 Å². The third kappa shape index (κ3) is 2.27. The Morgan fingerprint density at radius 1 is 1.45 bits per heavy atom. The minimum atomic E-state index is 0.138. The van der Waals surface area contributed by atoms with Crippen LogP contribution in [-0.4, -0.2) is 5.17 Å². The monoisotopic (exact) mass is 166 g/mol. The molecule has 0 bridgehead atoms. The molecule has 0 aromatic heterocycles. The van der Waals surface area contributed by atoms with E-state index in [2.05, 4.69) is 0 Å². The molecule has 3 heteroatoms. The topological polar surface area (TPSA) is 49.9 Å². The summed E-state index contributed by atoms with van der Waals surface area (Å²) in [6.45, 7) is 2.01. The Balaban J connectivity index is 2.86. The first-order valence-corrected chi connectivity index (χ1v) is 4.09. The van der Waals surface area contributed by atoms with Crippen molar-refractivity contribution in [2.24, 2.45) is 5.73 Å². The molecule has 3 N–H and O–H groups in total. The minimum absolute atomic E-state index is 0.138. The fourth-order valence-corrected chi connectivity index (χ4v) is 1.40. The minimum Gasteiger partial charge on any atom is -0.378 e. The van der Waals surface area contributed by atoms with Crippen LogP contribution in [0.25, 0.3) is 0 Å². The van der Waals surface area contributed by atoms with Crippen molar-refractivity contribution in [1.29, 1.82) is 5.41 Å². The van der Waals surface area contributed by atoms with Gasteiger partial charge in [0.1, 0.15) is 0 Å². The normalized spacial score (nSPS) is 9.55. The summed E-state index contributed by atoms with van der Waals surface area (Å²) in [7, 11) is 0. The van der Waals surface area contributed by atoms with E-state index >= 15 is 0 Å². The second kappa shape index (κ2) is 3.44. The van der Waals surface area contributed by atoms with Gasteiger partial charge in [-0.1, -0.05) is 30.0 Å². The summed E-state index contributed by atoms with van der Waals surface area (Å²) in [5.41, 5.74) is 6.40. The zero-order valence-corrected chi connectivity index (χ0v) is 7.11. The second-order valence-electron chi connectivity index (χ2n) is 2.23. The van der Waals surface area contributed by atoms with Crippen LogP contribution in [0.1, 0.15) is 5.56 Å². The average molecular weight is 166 g/mol. The van der Waals surface area contributed by atoms with E-state index in [4.69, 9.17) is 11.1 Å². The molecule has 0 radical (unpaired) electrons. The van der Waals surface area contributed by atoms with Gasteiger partial charge in [0.25, 0.3) is 0 Å². The fourth-order valence-electron chi connectivity index (χ4n) is 0.789. The molecule has 0 fully saturated rings. The standard InChI is InChI=1S/C8H10N2S/c1-6-4-2-3-5-7(6)11-8(9)10/h2-5H,1H3,(H3,9,10). The summed E-state index contributed by atoms with van der Waals surface area (Å²) in [4.78, 5) is 1.06. The lowest BCUT2D eigenvalue weighted by Gasteiger charge is -2.01. The smallest absolute Gasteiger partial charge is 0.155 e. The SMILES string of the molecule is Cc1ccccc1SC(=N)N. The number of rotatable bonds is 1. The van der Waals surface area contributed by atoms with Crippen molar-refractivity contribution < 1.29 is 0 Å². The Morgan fingerprint density at radius 3 is 2.64 bits per heavy atom. The number of nitrogens with one attached hydrogen (secondary N) is 1. The van der Waals surface area contributed by atoms with Crippen LogP contribution in [-0.2, 0) is 0 Å². The van der Waals surface area contributed by atoms with Crippen molar-refractivity contribution in [1.82, 2.24) is 0 Å². The summed E-state index contributed by atoms with van der Waals surface area (Å²) in [5.74, 6) is 0. The van der Waals surface area contributed by atoms with Crippen molar-refractivity contribution in [3.63, 3.8) is 0 Å². The molecule has 0 unspecified atom stereocenters. The van der Waals surface area contributed by atoms with Gasteiger partial charge >= 0.3 is 0 Å². The zero-order valence-electron chi connectivity index (χ0n) is 6.29. The maximum atomic E-state index is 7.07. The average Bonchev–Trinajstić information content (AvgIpc) is 1.93. The predicted octanol–water partition coefficient (Wildman–Crippen LogP) is 1.98. The van der Waals surface area contributed by atoms with Crippen LogP contribution < -0.4 is 5.73 Å². The number of hydrogen-bond donors (Lipinski definition) is 2. The van der Waals surface area contributed by atoms with Crippen LogP contribution in [0.2, 0.25) is 0 Å². The molecule has 0 atom stereocenters. The molecule has 0 saturated heterocycles. The maximum absolute atomic E-state index is 7.07. The van der Waals surface area contributed by atoms with Crippen molar-refractivity contribution in [3.8, 4) is 0 Å². The van der Waals surface area contributed by atoms with Gasteiger partial charge in [0, 0.05) is 4.90 Å². The van der Waals surface area contributed by atoms with Crippen LogP contribution >= 0.6 is 11.8 Å². The Bertz CT molecular complexity index is 271. The van der Waals surface area contributed by atoms with Gasteiger partial charge in [0.05, 0.1) is 0 Å². The first-order valence-electron chi connectivity index (χ1n) is 3.27. The molecule has 0 heterocycles. The fraction of sp³-hybridized carbons (Fsp3) is 0.125. The first kappa shape index (κ1) is 8.14. The molecule has 0 amide bonds. The van der Waals surface area contributed by atoms with Crippen molar-refractivity contribution in [2.45, 2.75) is 11.8 Å². The van der Waals surface area contributed by atoms with Crippen LogP contribution in [0.5, 0.6) is 0 Å². The lowest BCUT2D eigenvalue weighted by molar-refractivity contribution is 1.31. The summed E-state index contributed by atoms with van der Waals surface area (Å²) in [6, 6.07) is 7.88. The number of thioether (sulfide) groups is 1. The largest absolute Gasteiger partial charge is 0.378 e. The Hall–Kier alpha value is -0.960. The van der Waals surface area contributed by atoms with Gasteiger partial charge in [-0.2, -0.15) is 0 Å². The molecule has 0 aliphatic rings. The predicted molar refractivity (Wildman–Crippen MR) is 49.0 cm³/mol. The molecular weight excluding hydrogens is 156 g/mol. The lowest BCUT2D eigenvalue weighted by Crippen LogP contribution is -2.03. The van der Waals surface area contributed by atoms with Crippen LogP contribution in [0.3, 0.4) is 0 Å². The quantitative estimate of drug-likeness (QED) is 0.381. The maximum Gasteiger partial charge on any atom is 0.155 e. The van der Waals surface area contributed by atoms with E-state index in [-0.39, 0.29) is 5.17 Å². The molecule has 0 aliphatic heterocycles. The number of amidine groups is 1. The van der Waals surface area contributed by atoms with E-state index in [0.29, 0.717) is 0 Å². The Kier molecular flexibility index (Phi) is 2.54. The van der Waals surface area contributed by atoms with Crippen LogP contribution in [0.15, 0.2) is 29.2 Å². The molecule has 0 spiro atoms. The van der Waals surface area contributed by atoms with Crippen molar-refractivity contribution in [3.05, 3.63) is 29.8 Å². The summed E-state index contributed by atoms with van der Waals surface area (Å²) in [5, 5.41) is 7.21. The van der Waals surface area contributed by atoms with E-state index < -0.39 is 0 Å². The van der Waals surface area contributed by atoms with E-state index in [0.717, 1.165) is 10.5 Å². The van der Waals surface area contributed by atoms with E-state index in [9.17, 15) is 0 Å². The molecule has 1 rings (SSSR count). The molecule has 58 valence electrons. The van der Waals surface area contributed by atoms with Gasteiger partial charge < -0.3 is 5.73 Å². The molecule has 1 aromatic carbocycles. The van der Waals surface area contributed by atoms with Crippen molar-refractivity contribution in [2.75, 3.05) is 0 Å². The number of hydrogen-bond acceptors (Lipinski definition) is 2. The molecule has 0 aliphatic carbocycles. The highest BCUT2D eigenvalue weighted by atomic mass is 32.2. The van der Waals surface area contributed by atoms with E-state index in [1.54, 1.807) is 0 Å². The molecule has 1 aromatic rings. The molecule has 11 heavy (non-hydrogen) atoms. The summed E-state index contributed by atoms with van der Waals surface area (Å²) >= 11 is 1.29. The van der Waals surface area contributed by atoms with Gasteiger partial charge in [0.15, 0.2) is 5.17 Å².